The van der Waals surface area contributed by atoms with Crippen LogP contribution in [0.3, 0.4) is 0 Å². The number of rotatable bonds is 52. The van der Waals surface area contributed by atoms with Crippen LogP contribution < -0.4 is 10.2 Å². The van der Waals surface area contributed by atoms with Gasteiger partial charge in [-0.05, 0) is 77.0 Å². The summed E-state index contributed by atoms with van der Waals surface area (Å²) < 4.78 is 23.4. The number of nitrogens with zero attached hydrogens (tertiary/aromatic N) is 1. The van der Waals surface area contributed by atoms with Gasteiger partial charge in [0.15, 0.2) is 0 Å². The number of phosphoric ester groups is 1. The van der Waals surface area contributed by atoms with Crippen LogP contribution >= 0.6 is 7.82 Å². The fourth-order valence-electron chi connectivity index (χ4n) is 8.02. The van der Waals surface area contributed by atoms with Crippen molar-refractivity contribution in [3.05, 3.63) is 97.2 Å². The number of aliphatic hydroxyl groups excluding tert-OH is 1. The van der Waals surface area contributed by atoms with Gasteiger partial charge in [0.2, 0.25) is 5.91 Å². The molecule has 0 saturated carbocycles. The van der Waals surface area contributed by atoms with Gasteiger partial charge in [-0.15, -0.1) is 0 Å². The van der Waals surface area contributed by atoms with Gasteiger partial charge in [0, 0.05) is 6.42 Å². The Bertz CT molecular complexity index is 1470. The van der Waals surface area contributed by atoms with E-state index in [1.54, 1.807) is 6.08 Å². The van der Waals surface area contributed by atoms with Crippen LogP contribution in [0.2, 0.25) is 0 Å². The average Bonchev–Trinajstić information content (AvgIpc) is 3.33. The minimum Gasteiger partial charge on any atom is -0.756 e. The van der Waals surface area contributed by atoms with Crippen molar-refractivity contribution in [2.24, 2.45) is 0 Å². The summed E-state index contributed by atoms with van der Waals surface area (Å²) in [6.45, 7) is 4.53. The number of carbonyl (C=O) groups is 1. The number of hydrogen-bond donors (Lipinski definition) is 2. The van der Waals surface area contributed by atoms with E-state index in [0.29, 0.717) is 17.4 Å². The lowest BCUT2D eigenvalue weighted by molar-refractivity contribution is -0.870. The highest BCUT2D eigenvalue weighted by Gasteiger charge is 2.23. The normalized spacial score (nSPS) is 14.6. The van der Waals surface area contributed by atoms with Gasteiger partial charge in [-0.2, -0.15) is 0 Å². The Morgan fingerprint density at radius 3 is 1.25 bits per heavy atom. The standard InChI is InChI=1S/C62H111N2O6P/c1-6-8-10-12-14-16-18-20-22-24-26-28-30-31-32-33-34-36-38-40-42-44-46-48-50-52-54-56-62(66)63-60(59-70-71(67,68)69-58-57-64(3,4)5)61(65)55-53-51-49-47-45-43-41-39-37-35-29-27-25-23-21-19-17-15-13-11-9-7-2/h8,10,14,16,20,22,26,28,31-32,34,36,40,42,53,55,60-61,65H,6-7,9,11-13,15,17-19,21,23-25,27,29-30,33,35,37-39,41,43-52,54,56-59H2,1-5H3,(H-,63,66,67,68)/b10-8-,16-14-,22-20-,28-26-,32-31-,36-34-,42-40-,55-53+. The molecule has 0 aliphatic carbocycles. The summed E-state index contributed by atoms with van der Waals surface area (Å²) in [6.07, 6.45) is 74.7. The molecule has 2 N–H and O–H groups in total. The fraction of sp³-hybridized carbons (Fsp3) is 0.726. The molecule has 0 bridgehead atoms. The molecule has 0 spiro atoms. The Labute approximate surface area is 439 Å². The molecule has 0 aliphatic heterocycles. The van der Waals surface area contributed by atoms with Crippen molar-refractivity contribution in [3.8, 4) is 0 Å². The van der Waals surface area contributed by atoms with E-state index in [1.807, 2.05) is 27.2 Å². The number of hydrogen-bond acceptors (Lipinski definition) is 6. The highest BCUT2D eigenvalue weighted by molar-refractivity contribution is 7.45. The minimum absolute atomic E-state index is 0.0101. The van der Waals surface area contributed by atoms with Crippen LogP contribution in [0.1, 0.15) is 239 Å². The Kier molecular flexibility index (Phi) is 50.4. The summed E-state index contributed by atoms with van der Waals surface area (Å²) in [7, 11) is 1.24. The molecule has 8 nitrogen and oxygen atoms in total. The predicted octanol–water partition coefficient (Wildman–Crippen LogP) is 17.2. The summed E-state index contributed by atoms with van der Waals surface area (Å²) in [5.74, 6) is -0.218. The van der Waals surface area contributed by atoms with E-state index < -0.39 is 26.6 Å². The van der Waals surface area contributed by atoms with Crippen LogP contribution in [0, 0.1) is 0 Å². The second kappa shape index (κ2) is 52.3. The number of aliphatic hydroxyl groups is 1. The van der Waals surface area contributed by atoms with E-state index in [-0.39, 0.29) is 12.5 Å². The zero-order valence-corrected chi connectivity index (χ0v) is 47.5. The van der Waals surface area contributed by atoms with Gasteiger partial charge in [0.25, 0.3) is 7.82 Å². The summed E-state index contributed by atoms with van der Waals surface area (Å²) >= 11 is 0. The smallest absolute Gasteiger partial charge is 0.268 e. The first-order chi connectivity index (χ1) is 34.5. The Hall–Kier alpha value is -2.58. The zero-order valence-electron chi connectivity index (χ0n) is 46.6. The molecule has 3 atom stereocenters. The number of likely N-dealkylation sites (N-methyl/N-ethyl adjacent to an activating group) is 1. The molecule has 0 aromatic rings. The molecule has 1 amide bonds. The third-order valence-electron chi connectivity index (χ3n) is 12.5. The third-order valence-corrected chi connectivity index (χ3v) is 13.5. The van der Waals surface area contributed by atoms with E-state index in [2.05, 4.69) is 104 Å². The number of allylic oxidation sites excluding steroid dienone is 15. The van der Waals surface area contributed by atoms with Crippen molar-refractivity contribution >= 4 is 13.7 Å². The van der Waals surface area contributed by atoms with Crippen molar-refractivity contribution < 1.29 is 32.9 Å². The highest BCUT2D eigenvalue weighted by atomic mass is 31.2. The maximum absolute atomic E-state index is 13.0. The van der Waals surface area contributed by atoms with E-state index in [9.17, 15) is 19.4 Å². The maximum Gasteiger partial charge on any atom is 0.268 e. The van der Waals surface area contributed by atoms with E-state index in [0.717, 1.165) is 103 Å². The molecular weight excluding hydrogens is 900 g/mol. The molecule has 0 radical (unpaired) electrons. The van der Waals surface area contributed by atoms with Gasteiger partial charge in [0.05, 0.1) is 39.9 Å². The van der Waals surface area contributed by atoms with Gasteiger partial charge in [-0.3, -0.25) is 9.36 Å². The number of quaternary nitrogens is 1. The summed E-state index contributed by atoms with van der Waals surface area (Å²) in [6, 6.07) is -0.905. The number of phosphoric acid groups is 1. The third kappa shape index (κ3) is 55.0. The molecule has 9 heteroatoms. The summed E-state index contributed by atoms with van der Waals surface area (Å²) in [5.41, 5.74) is 0. The minimum atomic E-state index is -4.61. The van der Waals surface area contributed by atoms with E-state index in [1.165, 1.54) is 116 Å². The first kappa shape index (κ1) is 68.4. The molecule has 0 aromatic heterocycles. The molecule has 0 aromatic carbocycles. The molecule has 0 aliphatic rings. The monoisotopic (exact) mass is 1010 g/mol. The second-order valence-corrected chi connectivity index (χ2v) is 22.0. The summed E-state index contributed by atoms with van der Waals surface area (Å²) in [5, 5.41) is 13.9. The SMILES string of the molecule is CC/C=C\C/C=C\C/C=C\C/C=C\C/C=C\C/C=C\C/C=C\CCCCCCCC(=O)NC(COP(=O)([O-])OCC[N+](C)(C)C)C(O)/C=C/CCCCCCCCCCCCCCCCCCCCCC. The highest BCUT2D eigenvalue weighted by Crippen LogP contribution is 2.38. The molecule has 0 rings (SSSR count). The van der Waals surface area contributed by atoms with Crippen molar-refractivity contribution in [2.45, 2.75) is 251 Å². The first-order valence-corrected chi connectivity index (χ1v) is 30.6. The number of carbonyl (C=O) groups excluding carboxylic acids is 1. The maximum atomic E-state index is 13.0. The number of amides is 1. The largest absolute Gasteiger partial charge is 0.756 e. The lowest BCUT2D eigenvalue weighted by Crippen LogP contribution is -2.45. The topological polar surface area (TPSA) is 108 Å². The van der Waals surface area contributed by atoms with Crippen LogP contribution in [-0.4, -0.2) is 68.5 Å². The lowest BCUT2D eigenvalue weighted by atomic mass is 10.0. The van der Waals surface area contributed by atoms with Gasteiger partial charge >= 0.3 is 0 Å². The molecule has 0 saturated heterocycles. The Balaban J connectivity index is 4.31. The molecule has 3 unspecified atom stereocenters. The van der Waals surface area contributed by atoms with Crippen LogP contribution in [0.25, 0.3) is 0 Å². The number of nitrogens with one attached hydrogen (secondary N) is 1. The zero-order chi connectivity index (χ0) is 52.0. The second-order valence-electron chi connectivity index (χ2n) is 20.6. The van der Waals surface area contributed by atoms with Gasteiger partial charge in [0.1, 0.15) is 13.2 Å². The molecule has 0 fully saturated rings. The van der Waals surface area contributed by atoms with E-state index in [4.69, 9.17) is 9.05 Å². The lowest BCUT2D eigenvalue weighted by Gasteiger charge is -2.29. The summed E-state index contributed by atoms with van der Waals surface area (Å²) in [4.78, 5) is 25.5. The van der Waals surface area contributed by atoms with Crippen molar-refractivity contribution in [1.29, 1.82) is 0 Å². The van der Waals surface area contributed by atoms with E-state index >= 15 is 0 Å². The van der Waals surface area contributed by atoms with Gasteiger partial charge in [-0.1, -0.05) is 252 Å². The predicted molar refractivity (Wildman–Crippen MR) is 306 cm³/mol. The van der Waals surface area contributed by atoms with Crippen molar-refractivity contribution in [1.82, 2.24) is 5.32 Å². The quantitative estimate of drug-likeness (QED) is 0.0272. The molecular formula is C62H111N2O6P. The number of unbranched alkanes of at least 4 members (excludes halogenated alkanes) is 25. The molecule has 0 heterocycles. The van der Waals surface area contributed by atoms with Crippen LogP contribution in [-0.2, 0) is 18.4 Å². The Morgan fingerprint density at radius 1 is 0.507 bits per heavy atom. The molecule has 71 heavy (non-hydrogen) atoms. The first-order valence-electron chi connectivity index (χ1n) is 29.1. The van der Waals surface area contributed by atoms with Gasteiger partial charge < -0.3 is 28.8 Å². The van der Waals surface area contributed by atoms with Crippen molar-refractivity contribution in [2.75, 3.05) is 40.9 Å². The average molecular weight is 1010 g/mol. The van der Waals surface area contributed by atoms with Crippen LogP contribution in [0.15, 0.2) is 97.2 Å². The van der Waals surface area contributed by atoms with Crippen molar-refractivity contribution in [3.63, 3.8) is 0 Å². The fourth-order valence-corrected chi connectivity index (χ4v) is 8.74. The van der Waals surface area contributed by atoms with Crippen LogP contribution in [0.4, 0.5) is 0 Å². The molecule has 410 valence electrons. The van der Waals surface area contributed by atoms with Crippen LogP contribution in [0.5, 0.6) is 0 Å². The van der Waals surface area contributed by atoms with Gasteiger partial charge in [-0.25, -0.2) is 0 Å². The Morgan fingerprint density at radius 2 is 0.859 bits per heavy atom.